The van der Waals surface area contributed by atoms with Gasteiger partial charge in [0, 0.05) is 48.5 Å². The fourth-order valence-corrected chi connectivity index (χ4v) is 10.4. The van der Waals surface area contributed by atoms with E-state index in [1.54, 1.807) is 20.1 Å². The average Bonchev–Trinajstić information content (AvgIpc) is 3.86. The molecule has 9 rings (SSSR count). The van der Waals surface area contributed by atoms with Gasteiger partial charge in [0.05, 0.1) is 18.8 Å². The lowest BCUT2D eigenvalue weighted by Gasteiger charge is -2.48. The van der Waals surface area contributed by atoms with Crippen molar-refractivity contribution in [1.29, 1.82) is 0 Å². The number of aliphatic hydroxyl groups excluding tert-OH is 2. The molecule has 5 unspecified atom stereocenters. The van der Waals surface area contributed by atoms with Gasteiger partial charge in [-0.05, 0) is 129 Å². The number of carbonyl (C=O) groups is 2. The number of aliphatic hydroxyl groups is 2. The average molecular weight is 883 g/mol. The number of esters is 2. The number of methoxy groups -OCH3 is 1. The lowest BCUT2D eigenvalue weighted by atomic mass is 9.76. The summed E-state index contributed by atoms with van der Waals surface area (Å²) in [5.74, 6) is -1.26. The molecule has 3 aliphatic heterocycles. The summed E-state index contributed by atoms with van der Waals surface area (Å²) in [5, 5.41) is 20.8. The molecule has 342 valence electrons. The van der Waals surface area contributed by atoms with Crippen molar-refractivity contribution in [2.75, 3.05) is 26.9 Å². The highest BCUT2D eigenvalue weighted by Gasteiger charge is 2.57. The molecular weight excluding hydrogens is 821 g/mol. The van der Waals surface area contributed by atoms with Crippen molar-refractivity contribution in [3.63, 3.8) is 0 Å². The minimum Gasteiger partial charge on any atom is -0.483 e. The van der Waals surface area contributed by atoms with E-state index in [4.69, 9.17) is 23.4 Å². The van der Waals surface area contributed by atoms with Crippen LogP contribution in [0.1, 0.15) is 116 Å². The van der Waals surface area contributed by atoms with Gasteiger partial charge in [-0.2, -0.15) is 0 Å². The van der Waals surface area contributed by atoms with Gasteiger partial charge in [0.1, 0.15) is 16.9 Å². The van der Waals surface area contributed by atoms with Crippen LogP contribution >= 0.6 is 0 Å². The first-order valence-corrected chi connectivity index (χ1v) is 23.4. The van der Waals surface area contributed by atoms with Crippen LogP contribution in [0, 0.1) is 11.8 Å². The van der Waals surface area contributed by atoms with Crippen molar-refractivity contribution in [2.24, 2.45) is 11.8 Å². The molecular formula is C55H62O10. The van der Waals surface area contributed by atoms with Gasteiger partial charge >= 0.3 is 17.6 Å². The molecule has 2 bridgehead atoms. The Balaban J connectivity index is 1.21. The van der Waals surface area contributed by atoms with Gasteiger partial charge in [-0.3, -0.25) is 4.79 Å². The Kier molecular flexibility index (Phi) is 14.7. The number of rotatable bonds is 12. The van der Waals surface area contributed by atoms with E-state index in [-0.39, 0.29) is 43.7 Å². The van der Waals surface area contributed by atoms with Crippen LogP contribution in [0.25, 0.3) is 11.0 Å². The molecule has 0 spiro atoms. The van der Waals surface area contributed by atoms with E-state index in [0.29, 0.717) is 59.1 Å². The van der Waals surface area contributed by atoms with Crippen molar-refractivity contribution in [3.05, 3.63) is 158 Å². The third-order valence-electron chi connectivity index (χ3n) is 14.1. The Labute approximate surface area is 381 Å². The van der Waals surface area contributed by atoms with E-state index >= 15 is 0 Å². The normalized spacial score (nSPS) is 23.0. The highest BCUT2D eigenvalue weighted by Crippen LogP contribution is 2.52. The van der Waals surface area contributed by atoms with Gasteiger partial charge in [-0.25, -0.2) is 9.59 Å². The molecule has 0 radical (unpaired) electrons. The predicted molar refractivity (Wildman–Crippen MR) is 249 cm³/mol. The van der Waals surface area contributed by atoms with Gasteiger partial charge in [0.25, 0.3) is 0 Å². The van der Waals surface area contributed by atoms with Crippen LogP contribution in [-0.4, -0.2) is 60.8 Å². The molecule has 65 heavy (non-hydrogen) atoms. The smallest absolute Gasteiger partial charge is 0.339 e. The van der Waals surface area contributed by atoms with E-state index in [2.05, 4.69) is 72.8 Å². The minimum absolute atomic E-state index is 0.0478. The van der Waals surface area contributed by atoms with Gasteiger partial charge in [0.2, 0.25) is 0 Å². The topological polar surface area (TPSA) is 142 Å². The van der Waals surface area contributed by atoms with Crippen LogP contribution in [0.4, 0.5) is 0 Å². The molecule has 1 saturated carbocycles. The molecule has 4 aromatic carbocycles. The Morgan fingerprint density at radius 3 is 2.31 bits per heavy atom. The number of hydrogen-bond acceptors (Lipinski definition) is 10. The second kappa shape index (κ2) is 20.7. The third kappa shape index (κ3) is 10.5. The van der Waals surface area contributed by atoms with Crippen molar-refractivity contribution in [3.8, 4) is 5.75 Å². The van der Waals surface area contributed by atoms with Crippen LogP contribution in [0.3, 0.4) is 0 Å². The van der Waals surface area contributed by atoms with Crippen molar-refractivity contribution in [1.82, 2.24) is 0 Å². The van der Waals surface area contributed by atoms with E-state index < -0.39 is 41.3 Å². The summed E-state index contributed by atoms with van der Waals surface area (Å²) in [6.45, 7) is 3.40. The van der Waals surface area contributed by atoms with Crippen LogP contribution in [0.2, 0.25) is 0 Å². The fourth-order valence-electron chi connectivity index (χ4n) is 10.4. The number of benzene rings is 4. The zero-order chi connectivity index (χ0) is 45.5. The first-order valence-electron chi connectivity index (χ1n) is 23.4. The molecule has 5 aromatic rings. The maximum absolute atomic E-state index is 14.8. The predicted octanol–water partition coefficient (Wildman–Crippen LogP) is 9.47. The maximum Gasteiger partial charge on any atom is 0.339 e. The minimum atomic E-state index is -1.21. The highest BCUT2D eigenvalue weighted by atomic mass is 16.6. The summed E-state index contributed by atoms with van der Waals surface area (Å²) in [7, 11) is 1.54. The SMILES string of the molecule is COCC(CCO)c1cc2ccc3c(c2oc1=O)C1OC(=O)CC(CCc2cccc(Cc4ccccc4)c2)Cc2ccc(cc2)CCC(=C(C)CO)C(=O)OC1C(C)(C1CCCC1)O3. The first-order chi connectivity index (χ1) is 31.6. The summed E-state index contributed by atoms with van der Waals surface area (Å²) in [6.07, 6.45) is 5.45. The zero-order valence-corrected chi connectivity index (χ0v) is 37.9. The standard InChI is InChI=1S/C55H62O10/c1-35(33-57)45-24-22-36-16-18-39(19-17-36)30-41(21-20-38-12-9-13-40(29-38)28-37-10-5-4-6-11-37)31-48(58)62-51-49-47(65-55(2,44-14-7-8-15-44)52(51)64-53(45)59)25-23-42-32-46(54(60)63-50(42)49)43(26-27-56)34-61-3/h4-6,9-13,16-19,23,25,29,32,41,43-44,51-52,56-57H,7-8,14-15,20-22,24,26-28,30-31,33-34H2,1-3H3. The Morgan fingerprint density at radius 1 is 0.831 bits per heavy atom. The zero-order valence-electron chi connectivity index (χ0n) is 37.9. The largest absolute Gasteiger partial charge is 0.483 e. The van der Waals surface area contributed by atoms with Crippen LogP contribution < -0.4 is 10.4 Å². The number of fused-ring (bicyclic) bond motifs is 13. The van der Waals surface area contributed by atoms with E-state index in [1.165, 1.54) is 16.7 Å². The molecule has 4 heterocycles. The molecule has 1 fully saturated rings. The molecule has 0 saturated heterocycles. The quantitative estimate of drug-likeness (QED) is 0.0707. The summed E-state index contributed by atoms with van der Waals surface area (Å²) in [6, 6.07) is 32.8. The molecule has 2 N–H and O–H groups in total. The fraction of sp³-hybridized carbons (Fsp3) is 0.436. The Hall–Kier alpha value is -5.55. The van der Waals surface area contributed by atoms with Crippen LogP contribution in [0.5, 0.6) is 5.75 Å². The van der Waals surface area contributed by atoms with Crippen LogP contribution in [-0.2, 0) is 49.5 Å². The van der Waals surface area contributed by atoms with Gasteiger partial charge in [-0.15, -0.1) is 0 Å². The summed E-state index contributed by atoms with van der Waals surface area (Å²) in [4.78, 5) is 43.4. The molecule has 10 nitrogen and oxygen atoms in total. The highest BCUT2D eigenvalue weighted by molar-refractivity contribution is 5.90. The summed E-state index contributed by atoms with van der Waals surface area (Å²) < 4.78 is 32.0. The molecule has 5 atom stereocenters. The molecule has 0 amide bonds. The van der Waals surface area contributed by atoms with Gasteiger partial charge in [-0.1, -0.05) is 91.7 Å². The second-order valence-electron chi connectivity index (χ2n) is 18.6. The number of hydrogen-bond donors (Lipinski definition) is 2. The number of ether oxygens (including phenoxy) is 4. The lowest BCUT2D eigenvalue weighted by Crippen LogP contribution is -2.58. The summed E-state index contributed by atoms with van der Waals surface area (Å²) >= 11 is 0. The Morgan fingerprint density at radius 2 is 1.57 bits per heavy atom. The van der Waals surface area contributed by atoms with Crippen molar-refractivity contribution >= 4 is 22.9 Å². The van der Waals surface area contributed by atoms with Crippen LogP contribution in [0.15, 0.2) is 117 Å². The van der Waals surface area contributed by atoms with E-state index in [0.717, 1.165) is 56.1 Å². The molecule has 1 aromatic heterocycles. The molecule has 1 aliphatic carbocycles. The monoisotopic (exact) mass is 882 g/mol. The lowest BCUT2D eigenvalue weighted by molar-refractivity contribution is -0.199. The van der Waals surface area contributed by atoms with E-state index in [1.807, 2.05) is 25.1 Å². The molecule has 4 aliphatic rings. The van der Waals surface area contributed by atoms with Gasteiger partial charge < -0.3 is 33.6 Å². The number of aryl methyl sites for hydroxylation is 2. The number of carbonyl (C=O) groups excluding carboxylic acids is 2. The van der Waals surface area contributed by atoms with E-state index in [9.17, 15) is 24.6 Å². The summed E-state index contributed by atoms with van der Waals surface area (Å²) in [5.41, 5.74) is 5.76. The first kappa shape index (κ1) is 46.0. The molecule has 10 heteroatoms. The Bertz CT molecular complexity index is 2530. The second-order valence-corrected chi connectivity index (χ2v) is 18.6. The maximum atomic E-state index is 14.8. The van der Waals surface area contributed by atoms with Crippen molar-refractivity contribution < 1.29 is 43.2 Å². The van der Waals surface area contributed by atoms with Crippen molar-refractivity contribution in [2.45, 2.75) is 115 Å². The van der Waals surface area contributed by atoms with Gasteiger partial charge in [0.15, 0.2) is 12.2 Å². The third-order valence-corrected chi connectivity index (χ3v) is 14.1.